The number of ether oxygens (including phenoxy) is 2. The number of hydrogen-bond acceptors (Lipinski definition) is 8. The summed E-state index contributed by atoms with van der Waals surface area (Å²) in [5, 5.41) is 2.69. The summed E-state index contributed by atoms with van der Waals surface area (Å²) in [6.45, 7) is 3.07. The van der Waals surface area contributed by atoms with Crippen LogP contribution in [0, 0.1) is 0 Å². The Morgan fingerprint density at radius 1 is 1.24 bits per heavy atom. The molecular formula is C22H25ClN6O5. The van der Waals surface area contributed by atoms with Crippen molar-refractivity contribution in [2.45, 2.75) is 31.8 Å². The van der Waals surface area contributed by atoms with Crippen molar-refractivity contribution in [3.63, 3.8) is 0 Å². The van der Waals surface area contributed by atoms with Crippen molar-refractivity contribution >= 4 is 29.7 Å². The lowest BCUT2D eigenvalue weighted by Gasteiger charge is -2.41. The van der Waals surface area contributed by atoms with Crippen LogP contribution >= 0.6 is 11.6 Å². The Labute approximate surface area is 201 Å². The smallest absolute Gasteiger partial charge is 0.410 e. The Bertz CT molecular complexity index is 1100. The van der Waals surface area contributed by atoms with E-state index < -0.39 is 18.2 Å². The van der Waals surface area contributed by atoms with E-state index in [1.807, 2.05) is 6.92 Å². The Hall–Kier alpha value is -3.47. The number of carbonyl (C=O) groups is 3. The Morgan fingerprint density at radius 3 is 2.82 bits per heavy atom. The zero-order chi connectivity index (χ0) is 24.2. The van der Waals surface area contributed by atoms with Crippen LogP contribution in [-0.4, -0.2) is 82.2 Å². The zero-order valence-corrected chi connectivity index (χ0v) is 19.6. The molecule has 1 N–H and O–H groups in total. The van der Waals surface area contributed by atoms with Gasteiger partial charge in [0.25, 0.3) is 5.91 Å². The maximum Gasteiger partial charge on any atom is 0.410 e. The van der Waals surface area contributed by atoms with Crippen molar-refractivity contribution in [2.75, 3.05) is 33.4 Å². The van der Waals surface area contributed by atoms with E-state index in [9.17, 15) is 14.4 Å². The number of aromatic nitrogens is 3. The quantitative estimate of drug-likeness (QED) is 0.485. The van der Waals surface area contributed by atoms with Gasteiger partial charge in [-0.1, -0.05) is 24.9 Å². The monoisotopic (exact) mass is 488 g/mol. The lowest BCUT2D eigenvalue weighted by Crippen LogP contribution is -2.55. The van der Waals surface area contributed by atoms with Gasteiger partial charge in [-0.25, -0.2) is 24.5 Å². The van der Waals surface area contributed by atoms with Gasteiger partial charge in [0.15, 0.2) is 0 Å². The van der Waals surface area contributed by atoms with Gasteiger partial charge in [-0.2, -0.15) is 0 Å². The summed E-state index contributed by atoms with van der Waals surface area (Å²) in [7, 11) is 1.51. The normalized spacial score (nSPS) is 19.4. The highest BCUT2D eigenvalue weighted by atomic mass is 35.5. The first kappa shape index (κ1) is 23.7. The van der Waals surface area contributed by atoms with Crippen molar-refractivity contribution < 1.29 is 23.9 Å². The van der Waals surface area contributed by atoms with E-state index in [1.165, 1.54) is 19.4 Å². The summed E-state index contributed by atoms with van der Waals surface area (Å²) < 4.78 is 10.7. The largest absolute Gasteiger partial charge is 0.449 e. The molecule has 3 amide bonds. The molecule has 0 aromatic carbocycles. The maximum atomic E-state index is 12.7. The lowest BCUT2D eigenvalue weighted by atomic mass is 9.99. The number of rotatable bonds is 6. The molecule has 34 heavy (non-hydrogen) atoms. The number of hydrogen-bond donors (Lipinski definition) is 1. The number of fused-ring (bicyclic) bond motifs is 1. The van der Waals surface area contributed by atoms with E-state index in [-0.39, 0.29) is 35.9 Å². The number of nitrogens with zero attached hydrogens (tertiary/aromatic N) is 5. The van der Waals surface area contributed by atoms with Gasteiger partial charge in [0, 0.05) is 20.1 Å². The molecule has 180 valence electrons. The van der Waals surface area contributed by atoms with Crippen LogP contribution in [-0.2, 0) is 9.47 Å². The van der Waals surface area contributed by atoms with E-state index in [4.69, 9.17) is 21.1 Å². The van der Waals surface area contributed by atoms with Gasteiger partial charge in [-0.15, -0.1) is 0 Å². The van der Waals surface area contributed by atoms with Crippen molar-refractivity contribution in [3.05, 3.63) is 40.9 Å². The van der Waals surface area contributed by atoms with Crippen molar-refractivity contribution in [3.8, 4) is 11.4 Å². The molecule has 11 nitrogen and oxygen atoms in total. The standard InChI is InChI=1S/C22H25ClN6O5/c1-3-4-5-33-21(31)28-9-14-11-34-22(32)29(14)18(10-28)13-6-16(27-19(23)7-13)15-8-17(20(30)24-2)26-12-25-15/h6-8,12,14,18H,3-5,9-11H2,1-2H3,(H,24,30). The molecule has 2 aromatic rings. The molecule has 2 fully saturated rings. The molecule has 12 heteroatoms. The molecule has 0 aliphatic carbocycles. The first-order valence-electron chi connectivity index (χ1n) is 11.0. The van der Waals surface area contributed by atoms with Crippen molar-refractivity contribution in [1.29, 1.82) is 0 Å². The highest BCUT2D eigenvalue weighted by Crippen LogP contribution is 2.35. The summed E-state index contributed by atoms with van der Waals surface area (Å²) in [6.07, 6.45) is 2.08. The van der Waals surface area contributed by atoms with Crippen LogP contribution in [0.15, 0.2) is 24.5 Å². The molecule has 4 heterocycles. The van der Waals surface area contributed by atoms with Gasteiger partial charge < -0.3 is 19.7 Å². The predicted molar refractivity (Wildman–Crippen MR) is 121 cm³/mol. The first-order valence-corrected chi connectivity index (χ1v) is 11.4. The van der Waals surface area contributed by atoms with E-state index in [0.717, 1.165) is 12.8 Å². The van der Waals surface area contributed by atoms with E-state index in [1.54, 1.807) is 21.9 Å². The highest BCUT2D eigenvalue weighted by Gasteiger charge is 2.45. The number of halogens is 1. The molecule has 0 saturated carbocycles. The summed E-state index contributed by atoms with van der Waals surface area (Å²) in [5.74, 6) is -0.363. The molecule has 2 aliphatic rings. The highest BCUT2D eigenvalue weighted by molar-refractivity contribution is 6.29. The van der Waals surface area contributed by atoms with Gasteiger partial charge in [0.2, 0.25) is 0 Å². The molecule has 0 spiro atoms. The molecule has 4 rings (SSSR count). The van der Waals surface area contributed by atoms with Crippen LogP contribution in [0.4, 0.5) is 9.59 Å². The summed E-state index contributed by atoms with van der Waals surface area (Å²) in [5.41, 5.74) is 1.63. The third-order valence-corrected chi connectivity index (χ3v) is 5.93. The minimum Gasteiger partial charge on any atom is -0.449 e. The third kappa shape index (κ3) is 4.89. The summed E-state index contributed by atoms with van der Waals surface area (Å²) in [4.78, 5) is 52.9. The van der Waals surface area contributed by atoms with Crippen LogP contribution in [0.1, 0.15) is 41.9 Å². The summed E-state index contributed by atoms with van der Waals surface area (Å²) in [6, 6.07) is 4.06. The van der Waals surface area contributed by atoms with Crippen LogP contribution in [0.2, 0.25) is 5.15 Å². The minimum atomic E-state index is -0.521. The second kappa shape index (κ2) is 10.2. The van der Waals surface area contributed by atoms with Gasteiger partial charge in [-0.3, -0.25) is 9.69 Å². The number of pyridine rings is 1. The van der Waals surface area contributed by atoms with Gasteiger partial charge in [0.1, 0.15) is 23.8 Å². The Morgan fingerprint density at radius 2 is 2.06 bits per heavy atom. The SMILES string of the molecule is CCCCOC(=O)N1CC2COC(=O)N2C(c2cc(Cl)nc(-c3cc(C(=O)NC)ncn3)c2)C1. The molecule has 2 atom stereocenters. The molecule has 2 unspecified atom stereocenters. The van der Waals surface area contributed by atoms with E-state index in [0.29, 0.717) is 30.1 Å². The van der Waals surface area contributed by atoms with Crippen LogP contribution in [0.25, 0.3) is 11.4 Å². The maximum absolute atomic E-state index is 12.7. The first-order chi connectivity index (χ1) is 16.4. The van der Waals surface area contributed by atoms with Crippen LogP contribution in [0.3, 0.4) is 0 Å². The number of carbonyl (C=O) groups excluding carboxylic acids is 3. The van der Waals surface area contributed by atoms with Gasteiger partial charge in [-0.05, 0) is 30.2 Å². The third-order valence-electron chi connectivity index (χ3n) is 5.74. The van der Waals surface area contributed by atoms with Crippen LogP contribution < -0.4 is 5.32 Å². The zero-order valence-electron chi connectivity index (χ0n) is 18.9. The molecule has 0 bridgehead atoms. The number of piperazine rings is 1. The molecule has 0 radical (unpaired) electrons. The molecule has 2 aliphatic heterocycles. The number of amides is 3. The fourth-order valence-corrected chi connectivity index (χ4v) is 4.24. The number of cyclic esters (lactones) is 1. The van der Waals surface area contributed by atoms with Crippen molar-refractivity contribution in [2.24, 2.45) is 0 Å². The topological polar surface area (TPSA) is 127 Å². The predicted octanol–water partition coefficient (Wildman–Crippen LogP) is 2.67. The Kier molecular flexibility index (Phi) is 7.11. The minimum absolute atomic E-state index is 0.178. The Balaban J connectivity index is 1.66. The average Bonchev–Trinajstić information content (AvgIpc) is 3.23. The number of unbranched alkanes of at least 4 members (excludes halogenated alkanes) is 1. The van der Waals surface area contributed by atoms with Crippen LogP contribution in [0.5, 0.6) is 0 Å². The second-order valence-corrected chi connectivity index (χ2v) is 8.39. The fourth-order valence-electron chi connectivity index (χ4n) is 4.02. The average molecular weight is 489 g/mol. The fraction of sp³-hybridized carbons (Fsp3) is 0.455. The molecule has 2 saturated heterocycles. The second-order valence-electron chi connectivity index (χ2n) is 8.00. The van der Waals surface area contributed by atoms with Crippen molar-refractivity contribution in [1.82, 2.24) is 30.1 Å². The molecular weight excluding hydrogens is 464 g/mol. The van der Waals surface area contributed by atoms with E-state index >= 15 is 0 Å². The molecule has 2 aromatic heterocycles. The number of nitrogens with one attached hydrogen (secondary N) is 1. The van der Waals surface area contributed by atoms with Gasteiger partial charge in [0.05, 0.1) is 30.1 Å². The lowest BCUT2D eigenvalue weighted by molar-refractivity contribution is 0.0485. The van der Waals surface area contributed by atoms with Gasteiger partial charge >= 0.3 is 12.2 Å². The summed E-state index contributed by atoms with van der Waals surface area (Å²) >= 11 is 6.34. The van der Waals surface area contributed by atoms with E-state index in [2.05, 4.69) is 20.3 Å².